The molecule has 1 aliphatic heterocycles. The first-order valence-electron chi connectivity index (χ1n) is 6.31. The molecule has 1 aromatic rings. The summed E-state index contributed by atoms with van der Waals surface area (Å²) in [6, 6.07) is 6.06. The Bertz CT molecular complexity index is 542. The van der Waals surface area contributed by atoms with Crippen LogP contribution >= 0.6 is 0 Å². The summed E-state index contributed by atoms with van der Waals surface area (Å²) in [5.74, 6) is 0.706. The van der Waals surface area contributed by atoms with Gasteiger partial charge in [0.05, 0.1) is 12.9 Å². The van der Waals surface area contributed by atoms with Gasteiger partial charge in [-0.3, -0.25) is 9.45 Å². The quantitative estimate of drug-likeness (QED) is 0.827. The second-order valence-electron chi connectivity index (χ2n) is 4.80. The predicted molar refractivity (Wildman–Crippen MR) is 73.0 cm³/mol. The lowest BCUT2D eigenvalue weighted by Crippen LogP contribution is -2.32. The molecule has 19 heavy (non-hydrogen) atoms. The molecule has 0 aromatic heterocycles. The third-order valence-corrected chi connectivity index (χ3v) is 4.19. The maximum atomic E-state index is 10.7. The van der Waals surface area contributed by atoms with Gasteiger partial charge in [-0.2, -0.15) is 8.42 Å². The second kappa shape index (κ2) is 5.90. The molecule has 0 saturated carbocycles. The molecule has 0 spiro atoms. The standard InChI is InChI=1S/C13H19NO4S/c1-18-13-4-3-12-10-14(7-5-11(12)9-13)6-2-8-19(15,16)17/h3-4,9H,2,5-8,10H2,1H3,(H,15,16,17). The highest BCUT2D eigenvalue weighted by atomic mass is 32.2. The Labute approximate surface area is 113 Å². The van der Waals surface area contributed by atoms with E-state index >= 15 is 0 Å². The zero-order valence-corrected chi connectivity index (χ0v) is 11.8. The fourth-order valence-corrected chi connectivity index (χ4v) is 2.87. The molecule has 1 aromatic carbocycles. The molecule has 6 heteroatoms. The Kier molecular flexibility index (Phi) is 4.44. The first-order chi connectivity index (χ1) is 8.98. The Hall–Kier alpha value is -1.11. The summed E-state index contributed by atoms with van der Waals surface area (Å²) in [5, 5.41) is 0. The minimum absolute atomic E-state index is 0.168. The van der Waals surface area contributed by atoms with Crippen molar-refractivity contribution in [3.05, 3.63) is 29.3 Å². The van der Waals surface area contributed by atoms with E-state index in [9.17, 15) is 8.42 Å². The smallest absolute Gasteiger partial charge is 0.264 e. The SMILES string of the molecule is COc1ccc2c(c1)CCN(CCCS(=O)(=O)O)C2. The molecule has 0 amide bonds. The van der Waals surface area contributed by atoms with Gasteiger partial charge in [0.1, 0.15) is 5.75 Å². The topological polar surface area (TPSA) is 66.8 Å². The van der Waals surface area contributed by atoms with Crippen molar-refractivity contribution < 1.29 is 17.7 Å². The molecule has 1 aliphatic rings. The molecule has 0 fully saturated rings. The fourth-order valence-electron chi connectivity index (χ4n) is 2.38. The van der Waals surface area contributed by atoms with Gasteiger partial charge in [0.25, 0.3) is 10.1 Å². The lowest BCUT2D eigenvalue weighted by atomic mass is 9.99. The first-order valence-corrected chi connectivity index (χ1v) is 7.92. The molecule has 0 unspecified atom stereocenters. The van der Waals surface area contributed by atoms with Gasteiger partial charge < -0.3 is 4.74 Å². The lowest BCUT2D eigenvalue weighted by molar-refractivity contribution is 0.254. The maximum Gasteiger partial charge on any atom is 0.264 e. The molecular weight excluding hydrogens is 266 g/mol. The third kappa shape index (κ3) is 4.19. The third-order valence-electron chi connectivity index (χ3n) is 3.38. The van der Waals surface area contributed by atoms with Crippen molar-refractivity contribution >= 4 is 10.1 Å². The summed E-state index contributed by atoms with van der Waals surface area (Å²) in [6.45, 7) is 2.42. The minimum atomic E-state index is -3.84. The maximum absolute atomic E-state index is 10.7. The highest BCUT2D eigenvalue weighted by Crippen LogP contribution is 2.23. The van der Waals surface area contributed by atoms with E-state index in [1.54, 1.807) is 7.11 Å². The minimum Gasteiger partial charge on any atom is -0.497 e. The van der Waals surface area contributed by atoms with E-state index in [4.69, 9.17) is 9.29 Å². The number of rotatable bonds is 5. The van der Waals surface area contributed by atoms with Crippen LogP contribution in [0.15, 0.2) is 18.2 Å². The van der Waals surface area contributed by atoms with Crippen LogP contribution in [-0.2, 0) is 23.1 Å². The summed E-state index contributed by atoms with van der Waals surface area (Å²) < 4.78 is 35.2. The summed E-state index contributed by atoms with van der Waals surface area (Å²) in [5.41, 5.74) is 2.56. The van der Waals surface area contributed by atoms with Crippen LogP contribution < -0.4 is 4.74 Å². The van der Waals surface area contributed by atoms with E-state index in [0.29, 0.717) is 13.0 Å². The van der Waals surface area contributed by atoms with E-state index < -0.39 is 10.1 Å². The molecule has 106 valence electrons. The van der Waals surface area contributed by atoms with Crippen LogP contribution in [0.25, 0.3) is 0 Å². The van der Waals surface area contributed by atoms with E-state index in [-0.39, 0.29) is 5.75 Å². The van der Waals surface area contributed by atoms with Crippen LogP contribution in [0.3, 0.4) is 0 Å². The van der Waals surface area contributed by atoms with Crippen molar-refractivity contribution in [2.24, 2.45) is 0 Å². The highest BCUT2D eigenvalue weighted by molar-refractivity contribution is 7.85. The molecule has 0 radical (unpaired) electrons. The van der Waals surface area contributed by atoms with Crippen LogP contribution in [0.5, 0.6) is 5.75 Å². The molecule has 1 heterocycles. The van der Waals surface area contributed by atoms with Crippen molar-refractivity contribution in [2.75, 3.05) is 26.0 Å². The van der Waals surface area contributed by atoms with Crippen molar-refractivity contribution in [3.63, 3.8) is 0 Å². The van der Waals surface area contributed by atoms with Crippen molar-refractivity contribution in [3.8, 4) is 5.75 Å². The fraction of sp³-hybridized carbons (Fsp3) is 0.538. The van der Waals surface area contributed by atoms with Gasteiger partial charge in [-0.25, -0.2) is 0 Å². The molecule has 0 bridgehead atoms. The van der Waals surface area contributed by atoms with Crippen LogP contribution in [0.1, 0.15) is 17.5 Å². The number of ether oxygens (including phenoxy) is 1. The molecule has 5 nitrogen and oxygen atoms in total. The number of nitrogens with zero attached hydrogens (tertiary/aromatic N) is 1. The van der Waals surface area contributed by atoms with Gasteiger partial charge in [0.15, 0.2) is 0 Å². The summed E-state index contributed by atoms with van der Waals surface area (Å²) in [7, 11) is -2.18. The Balaban J connectivity index is 1.91. The Morgan fingerprint density at radius 1 is 1.37 bits per heavy atom. The van der Waals surface area contributed by atoms with Crippen molar-refractivity contribution in [1.82, 2.24) is 4.90 Å². The van der Waals surface area contributed by atoms with E-state index in [0.717, 1.165) is 25.3 Å². The van der Waals surface area contributed by atoms with E-state index in [2.05, 4.69) is 17.0 Å². The van der Waals surface area contributed by atoms with Crippen molar-refractivity contribution in [2.45, 2.75) is 19.4 Å². The first kappa shape index (κ1) is 14.3. The van der Waals surface area contributed by atoms with Crippen LogP contribution in [-0.4, -0.2) is 43.8 Å². The normalized spacial score (nSPS) is 16.1. The molecule has 1 N–H and O–H groups in total. The largest absolute Gasteiger partial charge is 0.497 e. The summed E-state index contributed by atoms with van der Waals surface area (Å²) in [6.07, 6.45) is 1.41. The number of hydrogen-bond acceptors (Lipinski definition) is 4. The van der Waals surface area contributed by atoms with Crippen LogP contribution in [0.2, 0.25) is 0 Å². The zero-order chi connectivity index (χ0) is 13.9. The van der Waals surface area contributed by atoms with Gasteiger partial charge in [-0.05, 0) is 42.6 Å². The average Bonchev–Trinajstić information content (AvgIpc) is 2.36. The van der Waals surface area contributed by atoms with Crippen LogP contribution in [0.4, 0.5) is 0 Å². The highest BCUT2D eigenvalue weighted by Gasteiger charge is 2.17. The number of methoxy groups -OCH3 is 1. The molecule has 0 aliphatic carbocycles. The number of hydrogen-bond donors (Lipinski definition) is 1. The number of benzene rings is 1. The Morgan fingerprint density at radius 3 is 2.84 bits per heavy atom. The average molecular weight is 285 g/mol. The van der Waals surface area contributed by atoms with Crippen molar-refractivity contribution in [1.29, 1.82) is 0 Å². The molecule has 2 rings (SSSR count). The predicted octanol–water partition coefficient (Wildman–Crippen LogP) is 1.33. The van der Waals surface area contributed by atoms with Gasteiger partial charge in [0.2, 0.25) is 0 Å². The molecular formula is C13H19NO4S. The second-order valence-corrected chi connectivity index (χ2v) is 6.37. The Morgan fingerprint density at radius 2 is 2.16 bits per heavy atom. The van der Waals surface area contributed by atoms with E-state index in [1.807, 2.05) is 6.07 Å². The monoisotopic (exact) mass is 285 g/mol. The van der Waals surface area contributed by atoms with Crippen LogP contribution in [0, 0.1) is 0 Å². The van der Waals surface area contributed by atoms with Gasteiger partial charge in [-0.15, -0.1) is 0 Å². The summed E-state index contributed by atoms with van der Waals surface area (Å²) in [4.78, 5) is 2.21. The lowest BCUT2D eigenvalue weighted by Gasteiger charge is -2.28. The van der Waals surface area contributed by atoms with Gasteiger partial charge in [0, 0.05) is 13.1 Å². The van der Waals surface area contributed by atoms with Gasteiger partial charge in [-0.1, -0.05) is 6.07 Å². The molecule has 0 atom stereocenters. The molecule has 0 saturated heterocycles. The summed E-state index contributed by atoms with van der Waals surface area (Å²) >= 11 is 0. The van der Waals surface area contributed by atoms with Gasteiger partial charge >= 0.3 is 0 Å². The number of fused-ring (bicyclic) bond motifs is 1. The zero-order valence-electron chi connectivity index (χ0n) is 11.0. The van der Waals surface area contributed by atoms with E-state index in [1.165, 1.54) is 11.1 Å².